The Balaban J connectivity index is 1.72. The molecule has 3 aromatic rings. The van der Waals surface area contributed by atoms with Gasteiger partial charge in [-0.2, -0.15) is 0 Å². The fourth-order valence-electron chi connectivity index (χ4n) is 3.55. The summed E-state index contributed by atoms with van der Waals surface area (Å²) in [7, 11) is 0. The highest BCUT2D eigenvalue weighted by molar-refractivity contribution is 6.24. The largest absolute Gasteiger partial charge is 0.399 e. The SMILES string of the molecule is Cc1cc(N=C2C=C(Nc3ccc(N)c(C)c3)C(=O)C=C2Nc2ccc(N)c(C)c2)ccc1N. The van der Waals surface area contributed by atoms with Gasteiger partial charge in [-0.15, -0.1) is 0 Å². The topological polar surface area (TPSA) is 132 Å². The highest BCUT2D eigenvalue weighted by Gasteiger charge is 2.20. The van der Waals surface area contributed by atoms with Gasteiger partial charge >= 0.3 is 0 Å². The number of hydrogen-bond acceptors (Lipinski definition) is 7. The quantitative estimate of drug-likeness (QED) is 0.273. The summed E-state index contributed by atoms with van der Waals surface area (Å²) >= 11 is 0. The first-order valence-electron chi connectivity index (χ1n) is 10.9. The number of carbonyl (C=O) groups excluding carboxylic acids is 1. The molecular formula is C27H28N6O. The number of nitrogens with one attached hydrogen (secondary N) is 2. The number of anilines is 5. The van der Waals surface area contributed by atoms with Gasteiger partial charge in [-0.3, -0.25) is 4.79 Å². The summed E-state index contributed by atoms with van der Waals surface area (Å²) in [5, 5.41) is 6.52. The number of carbonyl (C=O) groups is 1. The molecule has 172 valence electrons. The molecule has 0 aliphatic heterocycles. The van der Waals surface area contributed by atoms with Gasteiger partial charge in [0.2, 0.25) is 5.78 Å². The van der Waals surface area contributed by atoms with Crippen molar-refractivity contribution in [3.05, 3.63) is 94.8 Å². The molecule has 0 heterocycles. The summed E-state index contributed by atoms with van der Waals surface area (Å²) in [4.78, 5) is 17.8. The third-order valence-electron chi connectivity index (χ3n) is 5.70. The second kappa shape index (κ2) is 9.15. The van der Waals surface area contributed by atoms with Gasteiger partial charge in [0.05, 0.1) is 22.8 Å². The van der Waals surface area contributed by atoms with E-state index in [4.69, 9.17) is 22.2 Å². The van der Waals surface area contributed by atoms with Crippen molar-refractivity contribution in [2.24, 2.45) is 4.99 Å². The number of nitrogens with zero attached hydrogens (tertiary/aromatic N) is 1. The molecule has 7 nitrogen and oxygen atoms in total. The van der Waals surface area contributed by atoms with Crippen molar-refractivity contribution in [1.82, 2.24) is 0 Å². The summed E-state index contributed by atoms with van der Waals surface area (Å²) in [6, 6.07) is 16.8. The van der Waals surface area contributed by atoms with Crippen molar-refractivity contribution < 1.29 is 4.79 Å². The van der Waals surface area contributed by atoms with Crippen molar-refractivity contribution in [1.29, 1.82) is 0 Å². The molecule has 0 unspecified atom stereocenters. The Morgan fingerprint density at radius 3 is 1.68 bits per heavy atom. The number of aryl methyl sites for hydroxylation is 3. The number of nitrogen functional groups attached to an aromatic ring is 3. The first-order chi connectivity index (χ1) is 16.2. The van der Waals surface area contributed by atoms with E-state index in [-0.39, 0.29) is 5.78 Å². The molecule has 3 aromatic carbocycles. The van der Waals surface area contributed by atoms with Crippen LogP contribution in [0.25, 0.3) is 0 Å². The van der Waals surface area contributed by atoms with Crippen LogP contribution in [-0.2, 0) is 4.79 Å². The molecule has 4 rings (SSSR count). The van der Waals surface area contributed by atoms with Crippen LogP contribution >= 0.6 is 0 Å². The monoisotopic (exact) mass is 452 g/mol. The lowest BCUT2D eigenvalue weighted by molar-refractivity contribution is -0.111. The Labute approximate surface area is 199 Å². The van der Waals surface area contributed by atoms with E-state index in [0.717, 1.165) is 33.8 Å². The smallest absolute Gasteiger partial charge is 0.204 e. The highest BCUT2D eigenvalue weighted by atomic mass is 16.1. The summed E-state index contributed by atoms with van der Waals surface area (Å²) in [5.41, 5.74) is 26.7. The van der Waals surface area contributed by atoms with Gasteiger partial charge in [-0.25, -0.2) is 4.99 Å². The van der Waals surface area contributed by atoms with Crippen LogP contribution in [0.3, 0.4) is 0 Å². The van der Waals surface area contributed by atoms with Gasteiger partial charge in [0.25, 0.3) is 0 Å². The predicted octanol–water partition coefficient (Wildman–Crippen LogP) is 5.01. The zero-order chi connectivity index (χ0) is 24.4. The minimum atomic E-state index is -0.170. The number of hydrogen-bond donors (Lipinski definition) is 5. The summed E-state index contributed by atoms with van der Waals surface area (Å²) in [6.07, 6.45) is 3.29. The Bertz CT molecular complexity index is 1380. The first-order valence-corrected chi connectivity index (χ1v) is 10.9. The Morgan fingerprint density at radius 2 is 1.15 bits per heavy atom. The highest BCUT2D eigenvalue weighted by Crippen LogP contribution is 2.26. The van der Waals surface area contributed by atoms with Gasteiger partial charge in [0, 0.05) is 34.5 Å². The van der Waals surface area contributed by atoms with E-state index >= 15 is 0 Å². The fraction of sp³-hybridized carbons (Fsp3) is 0.111. The molecule has 1 aliphatic rings. The maximum atomic E-state index is 13.0. The van der Waals surface area contributed by atoms with Crippen LogP contribution in [0.15, 0.2) is 83.1 Å². The lowest BCUT2D eigenvalue weighted by atomic mass is 10.0. The standard InChI is InChI=1S/C27H28N6O/c1-15-10-18(4-7-21(15)28)31-24-13-26(33-20-6-9-23(30)17(3)12-20)27(34)14-25(24)32-19-5-8-22(29)16(2)11-19/h4-14,32-33H,28-30H2,1-3H3. The van der Waals surface area contributed by atoms with Crippen molar-refractivity contribution in [2.45, 2.75) is 20.8 Å². The van der Waals surface area contributed by atoms with E-state index in [1.807, 2.05) is 75.4 Å². The van der Waals surface area contributed by atoms with E-state index in [1.54, 1.807) is 12.2 Å². The van der Waals surface area contributed by atoms with E-state index in [0.29, 0.717) is 34.2 Å². The fourth-order valence-corrected chi connectivity index (χ4v) is 3.55. The zero-order valence-electron chi connectivity index (χ0n) is 19.4. The van der Waals surface area contributed by atoms with Crippen molar-refractivity contribution in [2.75, 3.05) is 27.8 Å². The molecule has 7 heteroatoms. The molecule has 0 saturated heterocycles. The second-order valence-electron chi connectivity index (χ2n) is 8.41. The summed E-state index contributed by atoms with van der Waals surface area (Å²) in [5.74, 6) is -0.170. The lowest BCUT2D eigenvalue weighted by Crippen LogP contribution is -2.22. The van der Waals surface area contributed by atoms with Crippen LogP contribution in [0, 0.1) is 20.8 Å². The van der Waals surface area contributed by atoms with Gasteiger partial charge in [0.15, 0.2) is 0 Å². The number of rotatable bonds is 5. The van der Waals surface area contributed by atoms with E-state index in [2.05, 4.69) is 10.6 Å². The molecular weight excluding hydrogens is 424 g/mol. The van der Waals surface area contributed by atoms with Crippen LogP contribution in [0.1, 0.15) is 16.7 Å². The Kier molecular flexibility index (Phi) is 6.10. The minimum absolute atomic E-state index is 0.170. The molecule has 34 heavy (non-hydrogen) atoms. The van der Waals surface area contributed by atoms with E-state index < -0.39 is 0 Å². The molecule has 0 fully saturated rings. The lowest BCUT2D eigenvalue weighted by Gasteiger charge is -2.19. The average Bonchev–Trinajstić information content (AvgIpc) is 2.79. The third kappa shape index (κ3) is 4.94. The number of aliphatic imine (C=N–C) groups is 1. The van der Waals surface area contributed by atoms with Crippen LogP contribution in [0.4, 0.5) is 34.1 Å². The first kappa shape index (κ1) is 22.7. The molecule has 8 N–H and O–H groups in total. The van der Waals surface area contributed by atoms with Crippen LogP contribution in [0.2, 0.25) is 0 Å². The van der Waals surface area contributed by atoms with Crippen LogP contribution in [-0.4, -0.2) is 11.5 Å². The number of ketones is 1. The number of nitrogens with two attached hydrogens (primary N) is 3. The van der Waals surface area contributed by atoms with Crippen molar-refractivity contribution >= 4 is 45.6 Å². The summed E-state index contributed by atoms with van der Waals surface area (Å²) in [6.45, 7) is 5.79. The zero-order valence-corrected chi connectivity index (χ0v) is 19.4. The Hall–Kier alpha value is -4.52. The molecule has 0 saturated carbocycles. The number of benzene rings is 3. The summed E-state index contributed by atoms with van der Waals surface area (Å²) < 4.78 is 0. The molecule has 0 atom stereocenters. The van der Waals surface area contributed by atoms with E-state index in [1.165, 1.54) is 0 Å². The van der Waals surface area contributed by atoms with E-state index in [9.17, 15) is 4.79 Å². The number of allylic oxidation sites excluding steroid dienone is 2. The van der Waals surface area contributed by atoms with Crippen LogP contribution < -0.4 is 27.8 Å². The second-order valence-corrected chi connectivity index (χ2v) is 8.41. The van der Waals surface area contributed by atoms with Gasteiger partial charge in [-0.1, -0.05) is 0 Å². The third-order valence-corrected chi connectivity index (χ3v) is 5.70. The van der Waals surface area contributed by atoms with Crippen molar-refractivity contribution in [3.8, 4) is 0 Å². The molecule has 0 aromatic heterocycles. The average molecular weight is 453 g/mol. The Morgan fingerprint density at radius 1 is 0.647 bits per heavy atom. The van der Waals surface area contributed by atoms with Crippen LogP contribution in [0.5, 0.6) is 0 Å². The predicted molar refractivity (Wildman–Crippen MR) is 142 cm³/mol. The molecule has 0 spiro atoms. The molecule has 0 bridgehead atoms. The van der Waals surface area contributed by atoms with Gasteiger partial charge in [-0.05, 0) is 98.1 Å². The maximum absolute atomic E-state index is 13.0. The normalized spacial score (nSPS) is 14.6. The van der Waals surface area contributed by atoms with Gasteiger partial charge in [0.1, 0.15) is 0 Å². The van der Waals surface area contributed by atoms with Gasteiger partial charge < -0.3 is 27.8 Å². The molecule has 0 amide bonds. The van der Waals surface area contributed by atoms with Crippen molar-refractivity contribution in [3.63, 3.8) is 0 Å². The maximum Gasteiger partial charge on any atom is 0.204 e. The minimum Gasteiger partial charge on any atom is -0.399 e. The molecule has 0 radical (unpaired) electrons. The molecule has 1 aliphatic carbocycles.